The third kappa shape index (κ3) is 3.98. The highest BCUT2D eigenvalue weighted by Crippen LogP contribution is 2.40. The van der Waals surface area contributed by atoms with E-state index in [1.807, 2.05) is 29.2 Å². The molecule has 160 valence electrons. The van der Waals surface area contributed by atoms with Gasteiger partial charge in [-0.3, -0.25) is 9.69 Å². The van der Waals surface area contributed by atoms with Crippen LogP contribution in [0.1, 0.15) is 48.0 Å². The number of benzene rings is 1. The second kappa shape index (κ2) is 8.29. The van der Waals surface area contributed by atoms with E-state index < -0.39 is 0 Å². The van der Waals surface area contributed by atoms with Crippen molar-refractivity contribution in [2.24, 2.45) is 0 Å². The fourth-order valence-electron chi connectivity index (χ4n) is 4.69. The zero-order chi connectivity index (χ0) is 20.7. The van der Waals surface area contributed by atoms with Gasteiger partial charge in [-0.25, -0.2) is 9.67 Å². The molecule has 1 aliphatic carbocycles. The molecule has 2 saturated heterocycles. The van der Waals surface area contributed by atoms with E-state index in [9.17, 15) is 4.79 Å². The lowest BCUT2D eigenvalue weighted by atomic mass is 10.0. The Morgan fingerprint density at radius 2 is 1.83 bits per heavy atom. The van der Waals surface area contributed by atoms with E-state index in [-0.39, 0.29) is 5.91 Å². The van der Waals surface area contributed by atoms with Crippen molar-refractivity contribution in [3.05, 3.63) is 40.9 Å². The average molecular weight is 429 g/mol. The first kappa shape index (κ1) is 20.0. The van der Waals surface area contributed by atoms with E-state index in [2.05, 4.69) is 26.9 Å². The number of piperazine rings is 1. The molecule has 1 saturated carbocycles. The van der Waals surface area contributed by atoms with Crippen molar-refractivity contribution in [2.45, 2.75) is 37.6 Å². The number of nitrogens with zero attached hydrogens (tertiary/aromatic N) is 6. The van der Waals surface area contributed by atoms with Gasteiger partial charge in [-0.05, 0) is 51.4 Å². The first-order chi connectivity index (χ1) is 14.6. The minimum atomic E-state index is -0.0666. The molecule has 3 aliphatic rings. The molecule has 5 rings (SSSR count). The number of likely N-dealkylation sites (N-methyl/N-ethyl adjacent to an activating group) is 1. The zero-order valence-electron chi connectivity index (χ0n) is 17.5. The highest BCUT2D eigenvalue weighted by atomic mass is 35.5. The van der Waals surface area contributed by atoms with Gasteiger partial charge in [0.2, 0.25) is 5.82 Å². The van der Waals surface area contributed by atoms with E-state index in [1.54, 1.807) is 4.68 Å². The minimum absolute atomic E-state index is 0.0666. The number of para-hydroxylation sites is 1. The summed E-state index contributed by atoms with van der Waals surface area (Å²) in [5, 5.41) is 5.23. The molecule has 3 fully saturated rings. The maximum absolute atomic E-state index is 13.2. The van der Waals surface area contributed by atoms with Crippen molar-refractivity contribution in [3.63, 3.8) is 0 Å². The Kier molecular flexibility index (Phi) is 5.52. The topological polar surface area (TPSA) is 57.5 Å². The molecule has 1 aromatic carbocycles. The van der Waals surface area contributed by atoms with Gasteiger partial charge in [-0.2, -0.15) is 0 Å². The zero-order valence-corrected chi connectivity index (χ0v) is 18.3. The molecule has 3 heterocycles. The average Bonchev–Trinajstić information content (AvgIpc) is 3.52. The van der Waals surface area contributed by atoms with Gasteiger partial charge in [0.25, 0.3) is 5.91 Å². The molecule has 0 radical (unpaired) electrons. The molecule has 0 bridgehead atoms. The maximum atomic E-state index is 13.2. The lowest BCUT2D eigenvalue weighted by Gasteiger charge is -2.42. The highest BCUT2D eigenvalue weighted by molar-refractivity contribution is 6.32. The van der Waals surface area contributed by atoms with Gasteiger partial charge in [0.05, 0.1) is 10.7 Å². The fraction of sp³-hybridized carbons (Fsp3) is 0.591. The third-order valence-electron chi connectivity index (χ3n) is 6.56. The number of hydrogen-bond donors (Lipinski definition) is 0. The monoisotopic (exact) mass is 428 g/mol. The number of hydrogen-bond acceptors (Lipinski definition) is 5. The molecule has 1 unspecified atom stereocenters. The van der Waals surface area contributed by atoms with Gasteiger partial charge in [0.1, 0.15) is 5.82 Å². The molecule has 7 nitrogen and oxygen atoms in total. The van der Waals surface area contributed by atoms with Crippen LogP contribution in [0.2, 0.25) is 5.02 Å². The van der Waals surface area contributed by atoms with Gasteiger partial charge in [0.15, 0.2) is 0 Å². The van der Waals surface area contributed by atoms with Crippen LogP contribution in [0.15, 0.2) is 24.3 Å². The van der Waals surface area contributed by atoms with Crippen LogP contribution in [-0.4, -0.2) is 87.7 Å². The summed E-state index contributed by atoms with van der Waals surface area (Å²) in [6.45, 7) is 5.63. The lowest BCUT2D eigenvalue weighted by Crippen LogP contribution is -2.55. The number of halogens is 1. The van der Waals surface area contributed by atoms with Crippen molar-refractivity contribution in [1.29, 1.82) is 0 Å². The minimum Gasteiger partial charge on any atom is -0.333 e. The van der Waals surface area contributed by atoms with E-state index in [0.717, 1.165) is 57.1 Å². The molecule has 2 aliphatic heterocycles. The van der Waals surface area contributed by atoms with Crippen LogP contribution >= 0.6 is 11.6 Å². The third-order valence-corrected chi connectivity index (χ3v) is 6.88. The molecule has 0 N–H and O–H groups in total. The van der Waals surface area contributed by atoms with Crippen LogP contribution in [0, 0.1) is 0 Å². The molecular formula is C22H29ClN6O. The largest absolute Gasteiger partial charge is 0.333 e. The van der Waals surface area contributed by atoms with Crippen LogP contribution in [0.25, 0.3) is 5.69 Å². The molecule has 2 aromatic rings. The highest BCUT2D eigenvalue weighted by Gasteiger charge is 2.34. The van der Waals surface area contributed by atoms with Crippen LogP contribution in [0.3, 0.4) is 0 Å². The summed E-state index contributed by atoms with van der Waals surface area (Å²) in [5.74, 6) is 1.46. The predicted molar refractivity (Wildman–Crippen MR) is 116 cm³/mol. The van der Waals surface area contributed by atoms with Gasteiger partial charge >= 0.3 is 0 Å². The van der Waals surface area contributed by atoms with E-state index in [4.69, 9.17) is 11.6 Å². The number of piperidine rings is 1. The number of aromatic nitrogens is 3. The first-order valence-corrected chi connectivity index (χ1v) is 11.4. The first-order valence-electron chi connectivity index (χ1n) is 11.0. The number of carbonyl (C=O) groups is 1. The Balaban J connectivity index is 1.30. The SMILES string of the molecule is CN1CCCC(N2CCN(C(=O)c3nc(C4CC4)n(-c4ccccc4Cl)n3)CC2)C1. The summed E-state index contributed by atoms with van der Waals surface area (Å²) >= 11 is 6.40. The molecule has 1 atom stereocenters. The number of likely N-dealkylation sites (tertiary alicyclic amines) is 1. The second-order valence-electron chi connectivity index (χ2n) is 8.82. The smallest absolute Gasteiger partial charge is 0.293 e. The molecule has 8 heteroatoms. The summed E-state index contributed by atoms with van der Waals surface area (Å²) < 4.78 is 1.78. The number of rotatable bonds is 4. The van der Waals surface area contributed by atoms with Crippen molar-refractivity contribution in [2.75, 3.05) is 46.3 Å². The van der Waals surface area contributed by atoms with Gasteiger partial charge in [0, 0.05) is 44.7 Å². The Morgan fingerprint density at radius 3 is 2.53 bits per heavy atom. The van der Waals surface area contributed by atoms with E-state index >= 15 is 0 Å². The quantitative estimate of drug-likeness (QED) is 0.749. The maximum Gasteiger partial charge on any atom is 0.293 e. The Labute approximate surface area is 182 Å². The predicted octanol–water partition coefficient (Wildman–Crippen LogP) is 2.65. The summed E-state index contributed by atoms with van der Waals surface area (Å²) in [7, 11) is 2.20. The van der Waals surface area contributed by atoms with Crippen LogP contribution in [-0.2, 0) is 0 Å². The summed E-state index contributed by atoms with van der Waals surface area (Å²) in [6, 6.07) is 8.22. The van der Waals surface area contributed by atoms with Crippen molar-refractivity contribution < 1.29 is 4.79 Å². The normalized spacial score (nSPS) is 23.7. The number of amides is 1. The summed E-state index contributed by atoms with van der Waals surface area (Å²) in [4.78, 5) is 24.7. The van der Waals surface area contributed by atoms with E-state index in [1.165, 1.54) is 19.4 Å². The standard InChI is InChI=1S/C22H29ClN6O/c1-26-10-4-5-17(15-26)27-11-13-28(14-12-27)22(30)20-24-21(16-8-9-16)29(25-20)19-7-3-2-6-18(19)23/h2-3,6-7,16-17H,4-5,8-15H2,1H3. The lowest BCUT2D eigenvalue weighted by molar-refractivity contribution is 0.0444. The molecule has 1 amide bonds. The van der Waals surface area contributed by atoms with E-state index in [0.29, 0.717) is 22.8 Å². The Morgan fingerprint density at radius 1 is 1.07 bits per heavy atom. The van der Waals surface area contributed by atoms with Gasteiger partial charge in [-0.15, -0.1) is 5.10 Å². The van der Waals surface area contributed by atoms with Crippen molar-refractivity contribution in [1.82, 2.24) is 29.5 Å². The Bertz CT molecular complexity index is 918. The van der Waals surface area contributed by atoms with Crippen molar-refractivity contribution in [3.8, 4) is 5.69 Å². The van der Waals surface area contributed by atoms with Crippen LogP contribution in [0.4, 0.5) is 0 Å². The number of carbonyl (C=O) groups excluding carboxylic acids is 1. The van der Waals surface area contributed by atoms with Crippen LogP contribution in [0.5, 0.6) is 0 Å². The second-order valence-corrected chi connectivity index (χ2v) is 9.22. The van der Waals surface area contributed by atoms with Crippen LogP contribution < -0.4 is 0 Å². The summed E-state index contributed by atoms with van der Waals surface area (Å²) in [5.41, 5.74) is 0.791. The van der Waals surface area contributed by atoms with Gasteiger partial charge < -0.3 is 9.80 Å². The molecule has 1 aromatic heterocycles. The fourth-order valence-corrected chi connectivity index (χ4v) is 4.91. The molecule has 30 heavy (non-hydrogen) atoms. The molecular weight excluding hydrogens is 400 g/mol. The van der Waals surface area contributed by atoms with Crippen molar-refractivity contribution >= 4 is 17.5 Å². The summed E-state index contributed by atoms with van der Waals surface area (Å²) in [6.07, 6.45) is 4.69. The van der Waals surface area contributed by atoms with Gasteiger partial charge in [-0.1, -0.05) is 23.7 Å². The molecule has 0 spiro atoms. The Hall–Kier alpha value is -1.96.